The van der Waals surface area contributed by atoms with Gasteiger partial charge in [0.1, 0.15) is 0 Å². The Labute approximate surface area is 106 Å². The summed E-state index contributed by atoms with van der Waals surface area (Å²) in [5.41, 5.74) is 1.13. The SMILES string of the molecule is CCC1(O)CC[P+](C)(Cc2ccccc2)CC1. The largest absolute Gasteiger partial charge is 0.390 e. The highest BCUT2D eigenvalue weighted by Gasteiger charge is 2.42. The van der Waals surface area contributed by atoms with E-state index in [0.717, 1.165) is 19.3 Å². The van der Waals surface area contributed by atoms with E-state index in [1.54, 1.807) is 0 Å². The van der Waals surface area contributed by atoms with Gasteiger partial charge in [-0.15, -0.1) is 0 Å². The highest BCUT2D eigenvalue weighted by molar-refractivity contribution is 7.74. The summed E-state index contributed by atoms with van der Waals surface area (Å²) in [6, 6.07) is 10.8. The lowest BCUT2D eigenvalue weighted by Crippen LogP contribution is -2.35. The normalized spacial score (nSPS) is 33.6. The quantitative estimate of drug-likeness (QED) is 0.811. The Morgan fingerprint density at radius 1 is 1.18 bits per heavy atom. The summed E-state index contributed by atoms with van der Waals surface area (Å²) in [6.45, 7) is 4.59. The Bertz CT molecular complexity index is 352. The van der Waals surface area contributed by atoms with Gasteiger partial charge in [0.05, 0.1) is 24.1 Å². The van der Waals surface area contributed by atoms with E-state index >= 15 is 0 Å². The number of aliphatic hydroxyl groups is 1. The second-order valence-corrected chi connectivity index (χ2v) is 10.2. The van der Waals surface area contributed by atoms with E-state index < -0.39 is 7.26 Å². The molecular weight excluding hydrogens is 227 g/mol. The molecule has 1 saturated heterocycles. The molecule has 0 atom stereocenters. The Morgan fingerprint density at radius 3 is 2.29 bits per heavy atom. The number of hydrogen-bond acceptors (Lipinski definition) is 1. The van der Waals surface area contributed by atoms with Crippen LogP contribution in [-0.2, 0) is 6.16 Å². The molecule has 1 aliphatic heterocycles. The summed E-state index contributed by atoms with van der Waals surface area (Å²) in [7, 11) is -0.838. The predicted octanol–water partition coefficient (Wildman–Crippen LogP) is 3.77. The van der Waals surface area contributed by atoms with Crippen LogP contribution in [0.2, 0.25) is 0 Å². The highest BCUT2D eigenvalue weighted by atomic mass is 31.2. The molecular formula is C15H24OP+. The molecule has 1 fully saturated rings. The van der Waals surface area contributed by atoms with Gasteiger partial charge >= 0.3 is 0 Å². The predicted molar refractivity (Wildman–Crippen MR) is 77.2 cm³/mol. The molecule has 0 spiro atoms. The van der Waals surface area contributed by atoms with Crippen LogP contribution >= 0.6 is 7.26 Å². The highest BCUT2D eigenvalue weighted by Crippen LogP contribution is 2.62. The molecule has 0 aliphatic carbocycles. The number of benzene rings is 1. The molecule has 0 radical (unpaired) electrons. The molecule has 1 aliphatic rings. The topological polar surface area (TPSA) is 20.2 Å². The monoisotopic (exact) mass is 251 g/mol. The van der Waals surface area contributed by atoms with Crippen molar-refractivity contribution in [3.63, 3.8) is 0 Å². The lowest BCUT2D eigenvalue weighted by Gasteiger charge is -2.37. The average Bonchev–Trinajstić information content (AvgIpc) is 2.35. The van der Waals surface area contributed by atoms with Crippen molar-refractivity contribution in [2.45, 2.75) is 37.9 Å². The molecule has 0 aromatic heterocycles. The zero-order valence-corrected chi connectivity index (χ0v) is 11.9. The van der Waals surface area contributed by atoms with Crippen molar-refractivity contribution >= 4 is 7.26 Å². The zero-order chi connectivity index (χ0) is 12.4. The first kappa shape index (κ1) is 13.1. The van der Waals surface area contributed by atoms with Crippen LogP contribution < -0.4 is 0 Å². The summed E-state index contributed by atoms with van der Waals surface area (Å²) in [4.78, 5) is 0. The molecule has 1 heterocycles. The van der Waals surface area contributed by atoms with Crippen LogP contribution in [0, 0.1) is 0 Å². The van der Waals surface area contributed by atoms with Crippen molar-refractivity contribution in [3.8, 4) is 0 Å². The van der Waals surface area contributed by atoms with Gasteiger partial charge in [0.15, 0.2) is 0 Å². The van der Waals surface area contributed by atoms with Gasteiger partial charge in [0.2, 0.25) is 0 Å². The van der Waals surface area contributed by atoms with E-state index in [2.05, 4.69) is 43.9 Å². The minimum Gasteiger partial charge on any atom is -0.390 e. The lowest BCUT2D eigenvalue weighted by atomic mass is 9.94. The molecule has 0 amide bonds. The number of hydrogen-bond donors (Lipinski definition) is 1. The molecule has 0 unspecified atom stereocenters. The van der Waals surface area contributed by atoms with Crippen LogP contribution in [-0.4, -0.2) is 29.7 Å². The van der Waals surface area contributed by atoms with E-state index in [1.165, 1.54) is 24.0 Å². The van der Waals surface area contributed by atoms with Crippen LogP contribution in [0.1, 0.15) is 31.7 Å². The standard InChI is InChI=1S/C15H24OP/c1-3-15(16)9-11-17(2,12-10-15)13-14-7-5-4-6-8-14/h4-8,16H,3,9-13H2,1-2H3/q+1. The second-order valence-electron chi connectivity index (χ2n) is 5.79. The van der Waals surface area contributed by atoms with Gasteiger partial charge in [-0.1, -0.05) is 37.3 Å². The Kier molecular flexibility index (Phi) is 3.90. The Balaban J connectivity index is 1.98. The van der Waals surface area contributed by atoms with Crippen LogP contribution in [0.4, 0.5) is 0 Å². The van der Waals surface area contributed by atoms with Crippen molar-refractivity contribution < 1.29 is 5.11 Å². The molecule has 1 aromatic carbocycles. The van der Waals surface area contributed by atoms with Crippen LogP contribution in [0.5, 0.6) is 0 Å². The molecule has 2 rings (SSSR count). The third-order valence-electron chi connectivity index (χ3n) is 4.30. The first-order chi connectivity index (χ1) is 8.05. The Hall–Kier alpha value is -0.390. The van der Waals surface area contributed by atoms with Gasteiger partial charge in [-0.25, -0.2) is 0 Å². The molecule has 17 heavy (non-hydrogen) atoms. The summed E-state index contributed by atoms with van der Waals surface area (Å²) in [5, 5.41) is 10.3. The summed E-state index contributed by atoms with van der Waals surface area (Å²) >= 11 is 0. The van der Waals surface area contributed by atoms with E-state index in [-0.39, 0.29) is 5.60 Å². The van der Waals surface area contributed by atoms with Gasteiger partial charge in [0.25, 0.3) is 0 Å². The fourth-order valence-corrected chi connectivity index (χ4v) is 6.27. The molecule has 1 N–H and O–H groups in total. The zero-order valence-electron chi connectivity index (χ0n) is 11.0. The van der Waals surface area contributed by atoms with Crippen molar-refractivity contribution in [2.24, 2.45) is 0 Å². The van der Waals surface area contributed by atoms with E-state index in [9.17, 15) is 5.11 Å². The van der Waals surface area contributed by atoms with Crippen molar-refractivity contribution in [3.05, 3.63) is 35.9 Å². The molecule has 1 aromatic rings. The van der Waals surface area contributed by atoms with Crippen LogP contribution in [0.15, 0.2) is 30.3 Å². The average molecular weight is 251 g/mol. The molecule has 0 bridgehead atoms. The minimum atomic E-state index is -0.838. The summed E-state index contributed by atoms with van der Waals surface area (Å²) < 4.78 is 0. The lowest BCUT2D eigenvalue weighted by molar-refractivity contribution is 0.0266. The maximum absolute atomic E-state index is 10.3. The minimum absolute atomic E-state index is 0.351. The molecule has 1 nitrogen and oxygen atoms in total. The maximum atomic E-state index is 10.3. The third kappa shape index (κ3) is 3.30. The van der Waals surface area contributed by atoms with E-state index in [0.29, 0.717) is 0 Å². The van der Waals surface area contributed by atoms with Crippen molar-refractivity contribution in [2.75, 3.05) is 19.0 Å². The fourth-order valence-electron chi connectivity index (χ4n) is 2.73. The van der Waals surface area contributed by atoms with Gasteiger partial charge < -0.3 is 5.11 Å². The molecule has 94 valence electrons. The molecule has 2 heteroatoms. The molecule has 0 saturated carbocycles. The van der Waals surface area contributed by atoms with Crippen LogP contribution in [0.25, 0.3) is 0 Å². The van der Waals surface area contributed by atoms with Crippen molar-refractivity contribution in [1.82, 2.24) is 0 Å². The summed E-state index contributed by atoms with van der Waals surface area (Å²) in [6.07, 6.45) is 6.71. The van der Waals surface area contributed by atoms with Gasteiger partial charge in [-0.3, -0.25) is 0 Å². The first-order valence-corrected chi connectivity index (χ1v) is 9.44. The van der Waals surface area contributed by atoms with Crippen molar-refractivity contribution in [1.29, 1.82) is 0 Å². The number of rotatable bonds is 3. The van der Waals surface area contributed by atoms with Gasteiger partial charge in [0, 0.05) is 26.8 Å². The van der Waals surface area contributed by atoms with E-state index in [4.69, 9.17) is 0 Å². The fraction of sp³-hybridized carbons (Fsp3) is 0.600. The summed E-state index contributed by atoms with van der Waals surface area (Å²) in [5.74, 6) is 0. The maximum Gasteiger partial charge on any atom is 0.0840 e. The van der Waals surface area contributed by atoms with Gasteiger partial charge in [-0.05, 0) is 12.0 Å². The third-order valence-corrected chi connectivity index (χ3v) is 8.03. The van der Waals surface area contributed by atoms with Gasteiger partial charge in [-0.2, -0.15) is 0 Å². The first-order valence-electron chi connectivity index (χ1n) is 6.65. The Morgan fingerprint density at radius 2 is 1.76 bits per heavy atom. The van der Waals surface area contributed by atoms with E-state index in [1.807, 2.05) is 0 Å². The van der Waals surface area contributed by atoms with Crippen LogP contribution in [0.3, 0.4) is 0 Å². The second kappa shape index (κ2) is 5.08. The smallest absolute Gasteiger partial charge is 0.0840 e.